The largest absolute Gasteiger partial charge is 0.298 e. The van der Waals surface area contributed by atoms with Crippen molar-refractivity contribution in [1.82, 2.24) is 15.6 Å². The molecule has 0 atom stereocenters. The second-order valence-electron chi connectivity index (χ2n) is 4.05. The highest BCUT2D eigenvalue weighted by Crippen LogP contribution is 2.23. The monoisotopic (exact) mass is 187 g/mol. The van der Waals surface area contributed by atoms with Gasteiger partial charge < -0.3 is 0 Å². The minimum Gasteiger partial charge on any atom is -0.298 e. The summed E-state index contributed by atoms with van der Waals surface area (Å²) >= 11 is 0. The summed E-state index contributed by atoms with van der Waals surface area (Å²) in [6.07, 6.45) is 5.46. The van der Waals surface area contributed by atoms with Gasteiger partial charge in [0.1, 0.15) is 0 Å². The molecule has 0 aromatic carbocycles. The van der Waals surface area contributed by atoms with E-state index in [0.29, 0.717) is 0 Å². The molecule has 0 radical (unpaired) electrons. The lowest BCUT2D eigenvalue weighted by atomic mass is 10.2. The van der Waals surface area contributed by atoms with Gasteiger partial charge in [0.15, 0.2) is 0 Å². The van der Waals surface area contributed by atoms with Gasteiger partial charge in [-0.25, -0.2) is 5.01 Å². The van der Waals surface area contributed by atoms with Gasteiger partial charge in [0.25, 0.3) is 0 Å². The lowest BCUT2D eigenvalue weighted by molar-refractivity contribution is 0.00433. The molecule has 0 spiro atoms. The summed E-state index contributed by atoms with van der Waals surface area (Å²) in [7, 11) is 0. The van der Waals surface area contributed by atoms with Crippen LogP contribution in [-0.4, -0.2) is 42.1 Å². The summed E-state index contributed by atoms with van der Waals surface area (Å²) < 4.78 is 12.0. The van der Waals surface area contributed by atoms with E-state index in [1.165, 1.54) is 25.7 Å². The molecule has 13 heavy (non-hydrogen) atoms. The lowest BCUT2D eigenvalue weighted by Crippen LogP contribution is -2.52. The maximum Gasteiger partial charge on any atom is 0.0284 e. The van der Waals surface area contributed by atoms with Gasteiger partial charge in [-0.1, -0.05) is 18.5 Å². The van der Waals surface area contributed by atoms with Crippen molar-refractivity contribution in [2.75, 3.05) is 26.2 Å². The fraction of sp³-hybridized carbons (Fsp3) is 1.00. The van der Waals surface area contributed by atoms with Gasteiger partial charge in [0.2, 0.25) is 0 Å². The van der Waals surface area contributed by atoms with Crippen LogP contribution in [0.2, 0.25) is 0 Å². The van der Waals surface area contributed by atoms with Crippen LogP contribution in [0.15, 0.2) is 0 Å². The molecule has 2 aliphatic rings. The molecule has 1 aliphatic heterocycles. The highest BCUT2D eigenvalue weighted by molar-refractivity contribution is 4.80. The van der Waals surface area contributed by atoms with E-state index in [1.807, 2.05) is 0 Å². The van der Waals surface area contributed by atoms with Crippen LogP contribution in [0, 0.1) is 0 Å². The molecule has 0 aromatic rings. The number of hydrogen-bond acceptors (Lipinski definition) is 3. The lowest BCUT2D eigenvalue weighted by Gasteiger charge is -2.36. The Morgan fingerprint density at radius 1 is 1.00 bits per heavy atom. The Balaban J connectivity index is 1.77. The third-order valence-corrected chi connectivity index (χ3v) is 3.27. The van der Waals surface area contributed by atoms with E-state index in [9.17, 15) is 4.48 Å². The van der Waals surface area contributed by atoms with Crippen LogP contribution in [0.5, 0.6) is 0 Å². The first-order valence-electron chi connectivity index (χ1n) is 5.25. The average molecular weight is 187 g/mol. The van der Waals surface area contributed by atoms with Crippen molar-refractivity contribution in [2.45, 2.75) is 31.7 Å². The predicted octanol–water partition coefficient (Wildman–Crippen LogP) is 0.936. The van der Waals surface area contributed by atoms with Crippen LogP contribution in [0.1, 0.15) is 25.7 Å². The van der Waals surface area contributed by atoms with Crippen LogP contribution >= 0.6 is 0 Å². The number of hydrogen-bond donors (Lipinski definition) is 1. The van der Waals surface area contributed by atoms with Crippen molar-refractivity contribution < 1.29 is 4.48 Å². The fourth-order valence-electron chi connectivity index (χ4n) is 2.44. The molecule has 3 nitrogen and oxygen atoms in total. The molecule has 2 fully saturated rings. The second kappa shape index (κ2) is 4.35. The molecule has 1 N–H and O–H groups in total. The van der Waals surface area contributed by atoms with Crippen molar-refractivity contribution in [3.63, 3.8) is 0 Å². The first-order valence-corrected chi connectivity index (χ1v) is 5.25. The van der Waals surface area contributed by atoms with Crippen LogP contribution in [0.25, 0.3) is 0 Å². The van der Waals surface area contributed by atoms with Crippen molar-refractivity contribution in [3.05, 3.63) is 0 Å². The number of halogens is 1. The van der Waals surface area contributed by atoms with E-state index < -0.39 is 0 Å². The van der Waals surface area contributed by atoms with E-state index in [1.54, 1.807) is 10.7 Å². The molecule has 0 aromatic heterocycles. The number of rotatable bonds is 2. The minimum absolute atomic E-state index is 0.793. The van der Waals surface area contributed by atoms with Crippen molar-refractivity contribution in [1.29, 1.82) is 0 Å². The Bertz CT molecular complexity index is 151. The van der Waals surface area contributed by atoms with E-state index in [0.717, 1.165) is 32.2 Å². The van der Waals surface area contributed by atoms with E-state index in [2.05, 4.69) is 4.90 Å². The first-order chi connectivity index (χ1) is 6.40. The van der Waals surface area contributed by atoms with Crippen LogP contribution < -0.4 is 5.65 Å². The van der Waals surface area contributed by atoms with Gasteiger partial charge in [-0.2, -0.15) is 0 Å². The van der Waals surface area contributed by atoms with E-state index in [4.69, 9.17) is 0 Å². The van der Waals surface area contributed by atoms with Crippen molar-refractivity contribution in [3.8, 4) is 0 Å². The molecule has 76 valence electrons. The third kappa shape index (κ3) is 2.18. The summed E-state index contributed by atoms with van der Waals surface area (Å²) in [4.78, 5) is 2.51. The Hall–Kier alpha value is -0.190. The maximum absolute atomic E-state index is 12.0. The number of hydrazine groups is 1. The molecule has 0 amide bonds. The SMILES string of the molecule is FNN1CCN(C2CCCC2)CC1. The van der Waals surface area contributed by atoms with Gasteiger partial charge in [0.05, 0.1) is 0 Å². The Morgan fingerprint density at radius 3 is 2.15 bits per heavy atom. The van der Waals surface area contributed by atoms with Crippen LogP contribution in [-0.2, 0) is 0 Å². The standard InChI is InChI=1S/C9H18FN3/c10-11-13-7-5-12(6-8-13)9-3-1-2-4-9/h9,11H,1-8H2. The summed E-state index contributed by atoms with van der Waals surface area (Å²) in [6.45, 7) is 3.66. The van der Waals surface area contributed by atoms with Crippen LogP contribution in [0.4, 0.5) is 4.48 Å². The molecule has 1 saturated heterocycles. The number of piperazine rings is 1. The summed E-state index contributed by atoms with van der Waals surface area (Å²) in [5, 5.41) is 1.64. The Labute approximate surface area is 78.8 Å². The van der Waals surface area contributed by atoms with E-state index in [-0.39, 0.29) is 0 Å². The molecule has 1 saturated carbocycles. The van der Waals surface area contributed by atoms with Gasteiger partial charge in [-0.15, -0.1) is 4.48 Å². The summed E-state index contributed by atoms with van der Waals surface area (Å²) in [6, 6.07) is 0.793. The average Bonchev–Trinajstić information content (AvgIpc) is 2.71. The predicted molar refractivity (Wildman–Crippen MR) is 49.6 cm³/mol. The molecular weight excluding hydrogens is 169 g/mol. The summed E-state index contributed by atoms with van der Waals surface area (Å²) in [5.74, 6) is 0. The highest BCUT2D eigenvalue weighted by Gasteiger charge is 2.25. The van der Waals surface area contributed by atoms with Crippen molar-refractivity contribution in [2.24, 2.45) is 0 Å². The molecule has 1 heterocycles. The second-order valence-corrected chi connectivity index (χ2v) is 4.05. The maximum atomic E-state index is 12.0. The fourth-order valence-corrected chi connectivity index (χ4v) is 2.44. The van der Waals surface area contributed by atoms with E-state index >= 15 is 0 Å². The Kier molecular flexibility index (Phi) is 3.14. The van der Waals surface area contributed by atoms with Crippen LogP contribution in [0.3, 0.4) is 0 Å². The first kappa shape index (κ1) is 9.37. The van der Waals surface area contributed by atoms with Crippen molar-refractivity contribution >= 4 is 0 Å². The molecular formula is C9H18FN3. The third-order valence-electron chi connectivity index (χ3n) is 3.27. The Morgan fingerprint density at radius 2 is 1.62 bits per heavy atom. The number of nitrogens with one attached hydrogen (secondary N) is 1. The summed E-state index contributed by atoms with van der Waals surface area (Å²) in [5.41, 5.74) is 1.72. The normalized spacial score (nSPS) is 28.4. The zero-order chi connectivity index (χ0) is 9.10. The topological polar surface area (TPSA) is 18.5 Å². The van der Waals surface area contributed by atoms with Gasteiger partial charge in [-0.05, 0) is 12.8 Å². The van der Waals surface area contributed by atoms with Gasteiger partial charge >= 0.3 is 0 Å². The zero-order valence-electron chi connectivity index (χ0n) is 8.01. The quantitative estimate of drug-likeness (QED) is 0.649. The van der Waals surface area contributed by atoms with Gasteiger partial charge in [0, 0.05) is 32.2 Å². The minimum atomic E-state index is 0.793. The molecule has 2 rings (SSSR count). The zero-order valence-corrected chi connectivity index (χ0v) is 8.01. The molecule has 0 bridgehead atoms. The molecule has 0 unspecified atom stereocenters. The highest BCUT2D eigenvalue weighted by atomic mass is 19.2. The van der Waals surface area contributed by atoms with Gasteiger partial charge in [-0.3, -0.25) is 4.90 Å². The number of nitrogens with zero attached hydrogens (tertiary/aromatic N) is 2. The molecule has 4 heteroatoms. The molecule has 1 aliphatic carbocycles. The smallest absolute Gasteiger partial charge is 0.0284 e.